The van der Waals surface area contributed by atoms with Crippen molar-refractivity contribution >= 4 is 5.91 Å². The van der Waals surface area contributed by atoms with Crippen molar-refractivity contribution < 1.29 is 9.53 Å². The summed E-state index contributed by atoms with van der Waals surface area (Å²) >= 11 is 0. The fraction of sp³-hybridized carbons (Fsp3) is 0.933. The van der Waals surface area contributed by atoms with Crippen LogP contribution in [0.15, 0.2) is 0 Å². The van der Waals surface area contributed by atoms with Crippen LogP contribution in [-0.2, 0) is 9.53 Å². The summed E-state index contributed by atoms with van der Waals surface area (Å²) in [4.78, 5) is 16.5. The molecule has 1 heterocycles. The number of ether oxygens (including phenoxy) is 1. The summed E-state index contributed by atoms with van der Waals surface area (Å²) in [5.74, 6) is 0.250. The third kappa shape index (κ3) is 4.46. The van der Waals surface area contributed by atoms with Crippen LogP contribution in [0.4, 0.5) is 0 Å². The Balaban J connectivity index is 2.65. The number of rotatable bonds is 5. The van der Waals surface area contributed by atoms with Crippen LogP contribution >= 0.6 is 0 Å². The second-order valence-corrected chi connectivity index (χ2v) is 6.43. The van der Waals surface area contributed by atoms with Crippen molar-refractivity contribution in [2.45, 2.75) is 53.2 Å². The van der Waals surface area contributed by atoms with Gasteiger partial charge in [-0.3, -0.25) is 9.69 Å². The van der Waals surface area contributed by atoms with Crippen LogP contribution in [0.2, 0.25) is 0 Å². The summed E-state index contributed by atoms with van der Waals surface area (Å²) in [5.41, 5.74) is -0.297. The van der Waals surface area contributed by atoms with Crippen LogP contribution in [0, 0.1) is 5.41 Å². The van der Waals surface area contributed by atoms with E-state index in [9.17, 15) is 4.79 Å². The summed E-state index contributed by atoms with van der Waals surface area (Å²) in [6, 6.07) is 0.445. The molecule has 0 aromatic rings. The van der Waals surface area contributed by atoms with Crippen molar-refractivity contribution in [2.75, 3.05) is 33.3 Å². The zero-order valence-corrected chi connectivity index (χ0v) is 13.4. The maximum atomic E-state index is 12.2. The van der Waals surface area contributed by atoms with E-state index < -0.39 is 0 Å². The van der Waals surface area contributed by atoms with Gasteiger partial charge in [0, 0.05) is 39.3 Å². The fourth-order valence-electron chi connectivity index (χ4n) is 2.91. The van der Waals surface area contributed by atoms with Crippen molar-refractivity contribution in [3.63, 3.8) is 0 Å². The van der Waals surface area contributed by atoms with Gasteiger partial charge in [0.25, 0.3) is 0 Å². The minimum Gasteiger partial charge on any atom is -0.379 e. The molecule has 1 aliphatic rings. The Hall–Kier alpha value is -0.610. The smallest absolute Gasteiger partial charge is 0.229 e. The average molecular weight is 270 g/mol. The second-order valence-electron chi connectivity index (χ2n) is 6.43. The molecule has 112 valence electrons. The summed E-state index contributed by atoms with van der Waals surface area (Å²) in [5, 5.41) is 0. The fourth-order valence-corrected chi connectivity index (χ4v) is 2.91. The molecule has 0 spiro atoms. The molecule has 0 radical (unpaired) electrons. The Morgan fingerprint density at radius 1 is 1.32 bits per heavy atom. The van der Waals surface area contributed by atoms with Crippen molar-refractivity contribution in [3.05, 3.63) is 0 Å². The quantitative estimate of drug-likeness (QED) is 0.766. The van der Waals surface area contributed by atoms with Gasteiger partial charge in [0.1, 0.15) is 0 Å². The molecule has 0 saturated carbocycles. The predicted octanol–water partition coefficient (Wildman–Crippen LogP) is 1.99. The molecular weight excluding hydrogens is 240 g/mol. The zero-order valence-electron chi connectivity index (χ0n) is 13.4. The van der Waals surface area contributed by atoms with Gasteiger partial charge in [-0.2, -0.15) is 0 Å². The van der Waals surface area contributed by atoms with E-state index in [0.717, 1.165) is 32.7 Å². The normalized spacial score (nSPS) is 24.1. The largest absolute Gasteiger partial charge is 0.379 e. The number of nitrogens with zero attached hydrogens (tertiary/aromatic N) is 2. The van der Waals surface area contributed by atoms with Crippen molar-refractivity contribution in [2.24, 2.45) is 5.41 Å². The van der Waals surface area contributed by atoms with Gasteiger partial charge in [-0.1, -0.05) is 0 Å². The van der Waals surface area contributed by atoms with E-state index in [1.807, 2.05) is 32.7 Å². The minimum absolute atomic E-state index is 0.250. The van der Waals surface area contributed by atoms with Gasteiger partial charge in [-0.25, -0.2) is 0 Å². The molecular formula is C15H30N2O2. The van der Waals surface area contributed by atoms with E-state index in [-0.39, 0.29) is 17.4 Å². The van der Waals surface area contributed by atoms with Crippen LogP contribution in [0.5, 0.6) is 0 Å². The molecule has 0 aromatic heterocycles. The maximum Gasteiger partial charge on any atom is 0.229 e. The first kappa shape index (κ1) is 16.4. The lowest BCUT2D eigenvalue weighted by molar-refractivity contribution is -0.138. The van der Waals surface area contributed by atoms with E-state index in [1.54, 1.807) is 0 Å². The highest BCUT2D eigenvalue weighted by Gasteiger charge is 2.36. The third-order valence-corrected chi connectivity index (χ3v) is 3.99. The lowest BCUT2D eigenvalue weighted by Gasteiger charge is -2.33. The van der Waals surface area contributed by atoms with Crippen molar-refractivity contribution in [1.29, 1.82) is 0 Å². The van der Waals surface area contributed by atoms with Crippen LogP contribution < -0.4 is 0 Å². The van der Waals surface area contributed by atoms with Gasteiger partial charge in [-0.15, -0.1) is 0 Å². The SMILES string of the molecule is CCOC(C)CC(C)N1CCN(C)C(=O)C(C)(C)C1. The molecule has 1 rings (SSSR count). The Kier molecular flexibility index (Phi) is 5.81. The zero-order chi connectivity index (χ0) is 14.6. The standard InChI is InChI=1S/C15H30N2O2/c1-7-19-13(3)10-12(2)17-9-8-16(6)14(18)15(4,5)11-17/h12-13H,7-11H2,1-6H3. The van der Waals surface area contributed by atoms with Gasteiger partial charge in [0.2, 0.25) is 5.91 Å². The number of likely N-dealkylation sites (N-methyl/N-ethyl adjacent to an activating group) is 1. The summed E-state index contributed by atoms with van der Waals surface area (Å²) in [6.07, 6.45) is 1.29. The summed E-state index contributed by atoms with van der Waals surface area (Å²) in [6.45, 7) is 13.8. The molecule has 0 aliphatic carbocycles. The number of hydrogen-bond donors (Lipinski definition) is 0. The van der Waals surface area contributed by atoms with Crippen LogP contribution in [0.3, 0.4) is 0 Å². The number of amides is 1. The number of carbonyl (C=O) groups excluding carboxylic acids is 1. The highest BCUT2D eigenvalue weighted by atomic mass is 16.5. The Morgan fingerprint density at radius 2 is 1.95 bits per heavy atom. The molecule has 2 atom stereocenters. The van der Waals surface area contributed by atoms with Gasteiger partial charge in [-0.05, 0) is 41.0 Å². The lowest BCUT2D eigenvalue weighted by atomic mass is 9.91. The van der Waals surface area contributed by atoms with Crippen LogP contribution in [-0.4, -0.2) is 61.1 Å². The first-order valence-electron chi connectivity index (χ1n) is 7.39. The molecule has 1 fully saturated rings. The van der Waals surface area contributed by atoms with Crippen LogP contribution in [0.25, 0.3) is 0 Å². The third-order valence-electron chi connectivity index (χ3n) is 3.99. The second kappa shape index (κ2) is 6.71. The molecule has 0 N–H and O–H groups in total. The van der Waals surface area contributed by atoms with Gasteiger partial charge in [0.05, 0.1) is 11.5 Å². The molecule has 19 heavy (non-hydrogen) atoms. The van der Waals surface area contributed by atoms with E-state index in [4.69, 9.17) is 4.74 Å². The van der Waals surface area contributed by atoms with E-state index >= 15 is 0 Å². The number of hydrogen-bond acceptors (Lipinski definition) is 3. The summed E-state index contributed by atoms with van der Waals surface area (Å²) < 4.78 is 5.62. The van der Waals surface area contributed by atoms with Crippen LogP contribution in [0.1, 0.15) is 41.0 Å². The molecule has 0 bridgehead atoms. The van der Waals surface area contributed by atoms with Crippen molar-refractivity contribution in [1.82, 2.24) is 9.80 Å². The minimum atomic E-state index is -0.297. The Morgan fingerprint density at radius 3 is 2.53 bits per heavy atom. The molecule has 4 nitrogen and oxygen atoms in total. The Bertz CT molecular complexity index is 305. The maximum absolute atomic E-state index is 12.2. The molecule has 0 aromatic carbocycles. The number of carbonyl (C=O) groups is 1. The highest BCUT2D eigenvalue weighted by molar-refractivity contribution is 5.82. The molecule has 1 aliphatic heterocycles. The van der Waals surface area contributed by atoms with E-state index in [2.05, 4.69) is 18.7 Å². The highest BCUT2D eigenvalue weighted by Crippen LogP contribution is 2.25. The average Bonchev–Trinajstić information content (AvgIpc) is 2.41. The molecule has 1 amide bonds. The summed E-state index contributed by atoms with van der Waals surface area (Å²) in [7, 11) is 1.90. The van der Waals surface area contributed by atoms with Gasteiger partial charge < -0.3 is 9.64 Å². The molecule has 2 unspecified atom stereocenters. The predicted molar refractivity (Wildman–Crippen MR) is 78.2 cm³/mol. The van der Waals surface area contributed by atoms with Gasteiger partial charge >= 0.3 is 0 Å². The van der Waals surface area contributed by atoms with E-state index in [0.29, 0.717) is 6.04 Å². The lowest BCUT2D eigenvalue weighted by Crippen LogP contribution is -2.43. The topological polar surface area (TPSA) is 32.8 Å². The Labute approximate surface area is 118 Å². The van der Waals surface area contributed by atoms with Gasteiger partial charge in [0.15, 0.2) is 0 Å². The van der Waals surface area contributed by atoms with E-state index in [1.165, 1.54) is 0 Å². The monoisotopic (exact) mass is 270 g/mol. The molecule has 1 saturated heterocycles. The molecule has 4 heteroatoms. The first-order valence-corrected chi connectivity index (χ1v) is 7.39. The van der Waals surface area contributed by atoms with Crippen molar-refractivity contribution in [3.8, 4) is 0 Å². The first-order chi connectivity index (χ1) is 8.77.